The van der Waals surface area contributed by atoms with Gasteiger partial charge in [-0.1, -0.05) is 6.92 Å². The van der Waals surface area contributed by atoms with Gasteiger partial charge in [-0.15, -0.1) is 0 Å². The Kier molecular flexibility index (Phi) is 6.05. The second-order valence-electron chi connectivity index (χ2n) is 4.28. The summed E-state index contributed by atoms with van der Waals surface area (Å²) in [6.45, 7) is 4.70. The van der Waals surface area contributed by atoms with E-state index in [-0.39, 0.29) is 11.9 Å². The van der Waals surface area contributed by atoms with Gasteiger partial charge in [0.2, 0.25) is 5.91 Å². The highest BCUT2D eigenvalue weighted by molar-refractivity contribution is 5.76. The Morgan fingerprint density at radius 1 is 1.33 bits per heavy atom. The van der Waals surface area contributed by atoms with Crippen LogP contribution in [-0.2, 0) is 4.79 Å². The first kappa shape index (κ1) is 14.4. The van der Waals surface area contributed by atoms with E-state index in [0.29, 0.717) is 13.0 Å². The molecule has 0 spiro atoms. The van der Waals surface area contributed by atoms with Crippen LogP contribution >= 0.6 is 0 Å². The summed E-state index contributed by atoms with van der Waals surface area (Å²) in [5, 5.41) is 6.14. The molecular weight excluding hydrogens is 228 g/mol. The molecule has 1 aromatic carbocycles. The minimum atomic E-state index is 0.0883. The molecule has 0 saturated carbocycles. The lowest BCUT2D eigenvalue weighted by Gasteiger charge is -2.12. The molecular formula is C14H22N2O2. The number of hydrogen-bond acceptors (Lipinski definition) is 3. The molecule has 100 valence electrons. The van der Waals surface area contributed by atoms with Crippen molar-refractivity contribution in [1.82, 2.24) is 5.32 Å². The average molecular weight is 250 g/mol. The highest BCUT2D eigenvalue weighted by Gasteiger charge is 2.04. The number of amides is 1. The minimum Gasteiger partial charge on any atom is -0.497 e. The van der Waals surface area contributed by atoms with Crippen molar-refractivity contribution in [2.75, 3.05) is 19.0 Å². The Morgan fingerprint density at radius 2 is 2.00 bits per heavy atom. The maximum atomic E-state index is 11.5. The van der Waals surface area contributed by atoms with Gasteiger partial charge in [-0.3, -0.25) is 4.79 Å². The number of carbonyl (C=O) groups excluding carboxylic acids is 1. The van der Waals surface area contributed by atoms with E-state index >= 15 is 0 Å². The second-order valence-corrected chi connectivity index (χ2v) is 4.28. The van der Waals surface area contributed by atoms with Crippen LogP contribution in [-0.4, -0.2) is 25.6 Å². The molecule has 0 heterocycles. The molecule has 1 aromatic rings. The van der Waals surface area contributed by atoms with Crippen LogP contribution in [0.1, 0.15) is 26.7 Å². The number of nitrogens with one attached hydrogen (secondary N) is 2. The Labute approximate surface area is 109 Å². The summed E-state index contributed by atoms with van der Waals surface area (Å²) in [4.78, 5) is 11.5. The van der Waals surface area contributed by atoms with E-state index in [2.05, 4.69) is 17.6 Å². The molecule has 0 aliphatic heterocycles. The van der Waals surface area contributed by atoms with E-state index < -0.39 is 0 Å². The van der Waals surface area contributed by atoms with Crippen LogP contribution < -0.4 is 15.4 Å². The van der Waals surface area contributed by atoms with Gasteiger partial charge in [0.25, 0.3) is 0 Å². The summed E-state index contributed by atoms with van der Waals surface area (Å²) in [5.74, 6) is 0.917. The smallest absolute Gasteiger partial charge is 0.221 e. The van der Waals surface area contributed by atoms with Crippen molar-refractivity contribution in [3.8, 4) is 5.75 Å². The topological polar surface area (TPSA) is 50.4 Å². The zero-order chi connectivity index (χ0) is 13.4. The molecule has 1 unspecified atom stereocenters. The quantitative estimate of drug-likeness (QED) is 0.781. The van der Waals surface area contributed by atoms with E-state index in [0.717, 1.165) is 17.9 Å². The van der Waals surface area contributed by atoms with Gasteiger partial charge in [0, 0.05) is 24.7 Å². The third-order valence-electron chi connectivity index (χ3n) is 2.79. The minimum absolute atomic E-state index is 0.0883. The molecule has 1 amide bonds. The Hall–Kier alpha value is -1.71. The lowest BCUT2D eigenvalue weighted by atomic mass is 10.2. The van der Waals surface area contributed by atoms with Gasteiger partial charge in [0.05, 0.1) is 7.11 Å². The van der Waals surface area contributed by atoms with E-state index in [9.17, 15) is 4.79 Å². The highest BCUT2D eigenvalue weighted by Crippen LogP contribution is 2.14. The first-order chi connectivity index (χ1) is 8.65. The van der Waals surface area contributed by atoms with Crippen molar-refractivity contribution < 1.29 is 9.53 Å². The number of ether oxygens (including phenoxy) is 1. The molecule has 0 aromatic heterocycles. The number of benzene rings is 1. The number of carbonyl (C=O) groups is 1. The predicted octanol–water partition coefficient (Wildman–Crippen LogP) is 2.41. The number of hydrogen-bond donors (Lipinski definition) is 2. The summed E-state index contributed by atoms with van der Waals surface area (Å²) < 4.78 is 5.08. The van der Waals surface area contributed by atoms with Crippen LogP contribution in [0.2, 0.25) is 0 Å². The van der Waals surface area contributed by atoms with Gasteiger partial charge in [-0.05, 0) is 37.6 Å². The van der Waals surface area contributed by atoms with Gasteiger partial charge < -0.3 is 15.4 Å². The summed E-state index contributed by atoms with van der Waals surface area (Å²) in [6.07, 6.45) is 1.44. The van der Waals surface area contributed by atoms with Crippen molar-refractivity contribution >= 4 is 11.6 Å². The van der Waals surface area contributed by atoms with E-state index in [1.807, 2.05) is 31.2 Å². The summed E-state index contributed by atoms with van der Waals surface area (Å²) in [5.41, 5.74) is 0.993. The Morgan fingerprint density at radius 3 is 2.56 bits per heavy atom. The molecule has 1 atom stereocenters. The monoisotopic (exact) mass is 250 g/mol. The average Bonchev–Trinajstić information content (AvgIpc) is 2.39. The fourth-order valence-corrected chi connectivity index (χ4v) is 1.48. The van der Waals surface area contributed by atoms with Gasteiger partial charge in [-0.2, -0.15) is 0 Å². The van der Waals surface area contributed by atoms with Crippen molar-refractivity contribution in [1.29, 1.82) is 0 Å². The molecule has 1 rings (SSSR count). The standard InChI is InChI=1S/C14H22N2O2/c1-4-11(2)16-14(17)9-10-15-12-5-7-13(18-3)8-6-12/h5-8,11,15H,4,9-10H2,1-3H3,(H,16,17). The maximum absolute atomic E-state index is 11.5. The van der Waals surface area contributed by atoms with Gasteiger partial charge in [-0.25, -0.2) is 0 Å². The number of methoxy groups -OCH3 is 1. The normalized spacial score (nSPS) is 11.7. The first-order valence-corrected chi connectivity index (χ1v) is 6.33. The SMILES string of the molecule is CCC(C)NC(=O)CCNc1ccc(OC)cc1. The van der Waals surface area contributed by atoms with Crippen LogP contribution in [0, 0.1) is 0 Å². The van der Waals surface area contributed by atoms with E-state index in [1.54, 1.807) is 7.11 Å². The van der Waals surface area contributed by atoms with Crippen molar-refractivity contribution in [3.05, 3.63) is 24.3 Å². The molecule has 4 heteroatoms. The molecule has 0 radical (unpaired) electrons. The maximum Gasteiger partial charge on any atom is 0.221 e. The first-order valence-electron chi connectivity index (χ1n) is 6.33. The highest BCUT2D eigenvalue weighted by atomic mass is 16.5. The third-order valence-corrected chi connectivity index (χ3v) is 2.79. The van der Waals surface area contributed by atoms with E-state index in [4.69, 9.17) is 4.74 Å². The zero-order valence-corrected chi connectivity index (χ0v) is 11.3. The summed E-state index contributed by atoms with van der Waals surface area (Å²) in [7, 11) is 1.64. The second kappa shape index (κ2) is 7.58. The van der Waals surface area contributed by atoms with Gasteiger partial charge >= 0.3 is 0 Å². The van der Waals surface area contributed by atoms with Crippen molar-refractivity contribution in [2.24, 2.45) is 0 Å². The van der Waals surface area contributed by atoms with E-state index in [1.165, 1.54) is 0 Å². The fraction of sp³-hybridized carbons (Fsp3) is 0.500. The molecule has 18 heavy (non-hydrogen) atoms. The predicted molar refractivity (Wildman–Crippen MR) is 74.0 cm³/mol. The molecule has 0 fully saturated rings. The van der Waals surface area contributed by atoms with Gasteiger partial charge in [0.15, 0.2) is 0 Å². The lowest BCUT2D eigenvalue weighted by molar-refractivity contribution is -0.121. The lowest BCUT2D eigenvalue weighted by Crippen LogP contribution is -2.32. The summed E-state index contributed by atoms with van der Waals surface area (Å²) in [6, 6.07) is 7.90. The molecule has 0 aliphatic rings. The molecule has 0 saturated heterocycles. The van der Waals surface area contributed by atoms with Gasteiger partial charge in [0.1, 0.15) is 5.75 Å². The Bertz CT molecular complexity index is 363. The van der Waals surface area contributed by atoms with Crippen LogP contribution in [0.5, 0.6) is 5.75 Å². The van der Waals surface area contributed by atoms with Crippen LogP contribution in [0.4, 0.5) is 5.69 Å². The largest absolute Gasteiger partial charge is 0.497 e. The van der Waals surface area contributed by atoms with Crippen LogP contribution in [0.15, 0.2) is 24.3 Å². The molecule has 4 nitrogen and oxygen atoms in total. The zero-order valence-electron chi connectivity index (χ0n) is 11.3. The summed E-state index contributed by atoms with van der Waals surface area (Å²) >= 11 is 0. The van der Waals surface area contributed by atoms with Crippen LogP contribution in [0.25, 0.3) is 0 Å². The van der Waals surface area contributed by atoms with Crippen LogP contribution in [0.3, 0.4) is 0 Å². The number of rotatable bonds is 7. The van der Waals surface area contributed by atoms with Crippen molar-refractivity contribution in [3.63, 3.8) is 0 Å². The fourth-order valence-electron chi connectivity index (χ4n) is 1.48. The third kappa shape index (κ3) is 5.08. The molecule has 2 N–H and O–H groups in total. The molecule has 0 aliphatic carbocycles. The number of anilines is 1. The van der Waals surface area contributed by atoms with Crippen molar-refractivity contribution in [2.45, 2.75) is 32.7 Å². The Balaban J connectivity index is 2.26. The molecule has 0 bridgehead atoms.